The highest BCUT2D eigenvalue weighted by molar-refractivity contribution is 5.95. The van der Waals surface area contributed by atoms with Gasteiger partial charge in [0.05, 0.1) is 11.6 Å². The van der Waals surface area contributed by atoms with E-state index in [1.807, 2.05) is 42.8 Å². The molecule has 1 aromatic carbocycles. The van der Waals surface area contributed by atoms with Crippen molar-refractivity contribution in [2.75, 3.05) is 13.1 Å². The van der Waals surface area contributed by atoms with Crippen LogP contribution in [0.5, 0.6) is 0 Å². The van der Waals surface area contributed by atoms with Crippen molar-refractivity contribution >= 4 is 11.9 Å². The Balaban J connectivity index is 1.70. The number of aromatic nitrogens is 2. The standard InChI is InChI=1S/C21H25N3O3/c1-13-7-9-15(10-8-13)24-18-6-4-3-5-16(18)19(22-24)20(25)23-11-14(2)17(12-23)21(26)27/h7-10,14,17H,3-6,11-12H2,1-2H3,(H,26,27)/t14-,17-/m1/s1. The van der Waals surface area contributed by atoms with E-state index in [1.165, 1.54) is 5.56 Å². The van der Waals surface area contributed by atoms with Gasteiger partial charge < -0.3 is 10.0 Å². The normalized spacial score (nSPS) is 21.9. The number of amides is 1. The maximum Gasteiger partial charge on any atom is 0.308 e. The first kappa shape index (κ1) is 17.8. The summed E-state index contributed by atoms with van der Waals surface area (Å²) in [4.78, 5) is 26.3. The molecule has 0 radical (unpaired) electrons. The van der Waals surface area contributed by atoms with Gasteiger partial charge in [0, 0.05) is 24.3 Å². The summed E-state index contributed by atoms with van der Waals surface area (Å²) in [6.45, 7) is 4.68. The van der Waals surface area contributed by atoms with Crippen LogP contribution in [0, 0.1) is 18.8 Å². The molecule has 0 saturated carbocycles. The van der Waals surface area contributed by atoms with Gasteiger partial charge in [0.25, 0.3) is 5.91 Å². The number of fused-ring (bicyclic) bond motifs is 1. The maximum absolute atomic E-state index is 13.2. The van der Waals surface area contributed by atoms with Gasteiger partial charge in [-0.15, -0.1) is 0 Å². The number of carboxylic acid groups (broad SMARTS) is 1. The first-order valence-electron chi connectivity index (χ1n) is 9.65. The van der Waals surface area contributed by atoms with Crippen molar-refractivity contribution in [1.82, 2.24) is 14.7 Å². The zero-order valence-corrected chi connectivity index (χ0v) is 15.8. The van der Waals surface area contributed by atoms with Gasteiger partial charge >= 0.3 is 5.97 Å². The molecule has 6 nitrogen and oxygen atoms in total. The Kier molecular flexibility index (Phi) is 4.50. The number of hydrogen-bond acceptors (Lipinski definition) is 3. The number of aliphatic carboxylic acids is 1. The number of rotatable bonds is 3. The Labute approximate surface area is 158 Å². The Bertz CT molecular complexity index is 885. The van der Waals surface area contributed by atoms with Crippen molar-refractivity contribution in [3.63, 3.8) is 0 Å². The van der Waals surface area contributed by atoms with Crippen LogP contribution in [0.2, 0.25) is 0 Å². The van der Waals surface area contributed by atoms with E-state index in [0.717, 1.165) is 42.6 Å². The van der Waals surface area contributed by atoms with E-state index in [0.29, 0.717) is 12.2 Å². The zero-order chi connectivity index (χ0) is 19.1. The lowest BCUT2D eigenvalue weighted by molar-refractivity contribution is -0.142. The average molecular weight is 367 g/mol. The van der Waals surface area contributed by atoms with Crippen molar-refractivity contribution < 1.29 is 14.7 Å². The highest BCUT2D eigenvalue weighted by Crippen LogP contribution is 2.30. The van der Waals surface area contributed by atoms with E-state index in [9.17, 15) is 14.7 Å². The second kappa shape index (κ2) is 6.83. The molecule has 1 amide bonds. The minimum atomic E-state index is -0.829. The number of hydrogen-bond donors (Lipinski definition) is 1. The maximum atomic E-state index is 13.2. The highest BCUT2D eigenvalue weighted by atomic mass is 16.4. The quantitative estimate of drug-likeness (QED) is 0.905. The smallest absolute Gasteiger partial charge is 0.308 e. The van der Waals surface area contributed by atoms with E-state index in [1.54, 1.807) is 4.90 Å². The first-order chi connectivity index (χ1) is 13.0. The molecule has 2 aromatic rings. The zero-order valence-electron chi connectivity index (χ0n) is 15.8. The molecule has 1 aliphatic heterocycles. The molecular weight excluding hydrogens is 342 g/mol. The van der Waals surface area contributed by atoms with Crippen molar-refractivity contribution in [3.8, 4) is 5.69 Å². The number of benzene rings is 1. The molecule has 2 atom stereocenters. The topological polar surface area (TPSA) is 75.4 Å². The molecule has 1 saturated heterocycles. The van der Waals surface area contributed by atoms with Crippen molar-refractivity contribution in [1.29, 1.82) is 0 Å². The van der Waals surface area contributed by atoms with Crippen LogP contribution in [0.4, 0.5) is 0 Å². The second-order valence-corrected chi connectivity index (χ2v) is 7.86. The lowest BCUT2D eigenvalue weighted by Gasteiger charge is -2.17. The van der Waals surface area contributed by atoms with Gasteiger partial charge in [-0.05, 0) is 50.7 Å². The summed E-state index contributed by atoms with van der Waals surface area (Å²) in [5.74, 6) is -1.50. The molecule has 4 rings (SSSR count). The summed E-state index contributed by atoms with van der Waals surface area (Å²) in [5.41, 5.74) is 4.81. The number of likely N-dealkylation sites (tertiary alicyclic amines) is 1. The minimum Gasteiger partial charge on any atom is -0.481 e. The predicted octanol–water partition coefficient (Wildman–Crippen LogP) is 2.85. The second-order valence-electron chi connectivity index (χ2n) is 7.86. The molecule has 2 heterocycles. The molecule has 2 aliphatic rings. The van der Waals surface area contributed by atoms with E-state index in [-0.39, 0.29) is 18.4 Å². The van der Waals surface area contributed by atoms with Gasteiger partial charge in [0.15, 0.2) is 5.69 Å². The van der Waals surface area contributed by atoms with Crippen molar-refractivity contribution in [2.24, 2.45) is 11.8 Å². The third-order valence-electron chi connectivity index (χ3n) is 5.88. The van der Waals surface area contributed by atoms with Crippen molar-refractivity contribution in [2.45, 2.75) is 39.5 Å². The van der Waals surface area contributed by atoms with Crippen LogP contribution in [0.25, 0.3) is 5.69 Å². The van der Waals surface area contributed by atoms with Gasteiger partial charge in [0.2, 0.25) is 0 Å². The lowest BCUT2D eigenvalue weighted by atomic mass is 9.95. The van der Waals surface area contributed by atoms with Crippen LogP contribution in [0.3, 0.4) is 0 Å². The molecule has 1 aromatic heterocycles. The van der Waals surface area contributed by atoms with Gasteiger partial charge in [-0.2, -0.15) is 5.10 Å². The summed E-state index contributed by atoms with van der Waals surface area (Å²) in [7, 11) is 0. The van der Waals surface area contributed by atoms with E-state index in [2.05, 4.69) is 0 Å². The number of carboxylic acids is 1. The first-order valence-corrected chi connectivity index (χ1v) is 9.65. The molecule has 142 valence electrons. The summed E-state index contributed by atoms with van der Waals surface area (Å²) in [6.07, 6.45) is 3.92. The third-order valence-corrected chi connectivity index (χ3v) is 5.88. The van der Waals surface area contributed by atoms with Gasteiger partial charge in [-0.25, -0.2) is 4.68 Å². The van der Waals surface area contributed by atoms with E-state index >= 15 is 0 Å². The van der Waals surface area contributed by atoms with Crippen LogP contribution in [0.15, 0.2) is 24.3 Å². The Morgan fingerprint density at radius 1 is 1.11 bits per heavy atom. The van der Waals surface area contributed by atoms with Crippen LogP contribution >= 0.6 is 0 Å². The molecule has 0 spiro atoms. The van der Waals surface area contributed by atoms with Crippen molar-refractivity contribution in [3.05, 3.63) is 46.8 Å². The number of carbonyl (C=O) groups is 2. The fourth-order valence-corrected chi connectivity index (χ4v) is 4.27. The van der Waals surface area contributed by atoms with E-state index in [4.69, 9.17) is 5.10 Å². The highest BCUT2D eigenvalue weighted by Gasteiger charge is 2.39. The average Bonchev–Trinajstić information content (AvgIpc) is 3.23. The Hall–Kier alpha value is -2.63. The van der Waals surface area contributed by atoms with Crippen LogP contribution in [-0.4, -0.2) is 44.8 Å². The van der Waals surface area contributed by atoms with Gasteiger partial charge in [-0.1, -0.05) is 24.6 Å². The van der Waals surface area contributed by atoms with Crippen LogP contribution in [-0.2, 0) is 17.6 Å². The third kappa shape index (κ3) is 3.13. The summed E-state index contributed by atoms with van der Waals surface area (Å²) in [6, 6.07) is 8.16. The molecular formula is C21H25N3O3. The molecule has 1 aliphatic carbocycles. The summed E-state index contributed by atoms with van der Waals surface area (Å²) < 4.78 is 1.91. The summed E-state index contributed by atoms with van der Waals surface area (Å²) >= 11 is 0. The van der Waals surface area contributed by atoms with Gasteiger partial charge in [0.1, 0.15) is 0 Å². The molecule has 1 N–H and O–H groups in total. The Morgan fingerprint density at radius 3 is 2.48 bits per heavy atom. The monoisotopic (exact) mass is 367 g/mol. The molecule has 0 bridgehead atoms. The van der Waals surface area contributed by atoms with Crippen LogP contribution < -0.4 is 0 Å². The SMILES string of the molecule is Cc1ccc(-n2nc(C(=O)N3C[C@@H](C)[C@H](C(=O)O)C3)c3c2CCCC3)cc1. The fourth-order valence-electron chi connectivity index (χ4n) is 4.27. The number of aryl methyl sites for hydroxylation is 1. The molecule has 0 unspecified atom stereocenters. The van der Waals surface area contributed by atoms with Gasteiger partial charge in [-0.3, -0.25) is 9.59 Å². The molecule has 1 fully saturated rings. The largest absolute Gasteiger partial charge is 0.481 e. The summed E-state index contributed by atoms with van der Waals surface area (Å²) in [5, 5.41) is 14.1. The van der Waals surface area contributed by atoms with E-state index < -0.39 is 11.9 Å². The minimum absolute atomic E-state index is 0.0403. The molecule has 6 heteroatoms. The number of nitrogens with zero attached hydrogens (tertiary/aromatic N) is 3. The lowest BCUT2D eigenvalue weighted by Crippen LogP contribution is -2.31. The number of carbonyl (C=O) groups excluding carboxylic acids is 1. The molecule has 27 heavy (non-hydrogen) atoms. The van der Waals surface area contributed by atoms with Crippen LogP contribution in [0.1, 0.15) is 47.1 Å². The predicted molar refractivity (Wildman–Crippen MR) is 101 cm³/mol. The Morgan fingerprint density at radius 2 is 1.81 bits per heavy atom. The fraction of sp³-hybridized carbons (Fsp3) is 0.476.